The Balaban J connectivity index is 2.57. The number of carbonyl (C=O) groups excluding carboxylic acids is 2. The lowest BCUT2D eigenvalue weighted by atomic mass is 10.1. The Hall–Kier alpha value is -1.47. The van der Waals surface area contributed by atoms with Crippen LogP contribution in [0.3, 0.4) is 0 Å². The Morgan fingerprint density at radius 3 is 2.65 bits per heavy atom. The standard InChI is InChI=1S/C13H21N3O3S/c1-7(2)11(14)12-16-9(6-20-12)5-10(17)15-8(3)13(18)19-4/h6-8,11H,5,14H2,1-4H3,(H,15,17). The molecule has 6 nitrogen and oxygen atoms in total. The molecule has 20 heavy (non-hydrogen) atoms. The molecule has 1 heterocycles. The second-order valence-corrected chi connectivity index (χ2v) is 5.83. The third kappa shape index (κ3) is 4.57. The van der Waals surface area contributed by atoms with Crippen LogP contribution in [0.4, 0.5) is 0 Å². The maximum atomic E-state index is 11.8. The molecule has 0 saturated carbocycles. The fraction of sp³-hybridized carbons (Fsp3) is 0.615. The maximum absolute atomic E-state index is 11.8. The van der Waals surface area contributed by atoms with Crippen LogP contribution in [-0.2, 0) is 20.7 Å². The average molecular weight is 299 g/mol. The molecular weight excluding hydrogens is 278 g/mol. The Morgan fingerprint density at radius 1 is 1.45 bits per heavy atom. The number of ether oxygens (including phenoxy) is 1. The number of thiazole rings is 1. The van der Waals surface area contributed by atoms with Gasteiger partial charge in [-0.3, -0.25) is 4.79 Å². The summed E-state index contributed by atoms with van der Waals surface area (Å²) in [5.74, 6) is -0.445. The number of amides is 1. The normalized spacial score (nSPS) is 13.9. The lowest BCUT2D eigenvalue weighted by molar-refractivity contribution is -0.144. The molecule has 0 aliphatic rings. The van der Waals surface area contributed by atoms with Gasteiger partial charge in [-0.05, 0) is 12.8 Å². The summed E-state index contributed by atoms with van der Waals surface area (Å²) in [5.41, 5.74) is 6.67. The molecule has 0 aliphatic carbocycles. The number of nitrogens with one attached hydrogen (secondary N) is 1. The third-order valence-corrected chi connectivity index (χ3v) is 3.84. The molecule has 1 aromatic heterocycles. The number of rotatable bonds is 6. The van der Waals surface area contributed by atoms with Gasteiger partial charge in [0.2, 0.25) is 5.91 Å². The molecule has 7 heteroatoms. The number of nitrogens with two attached hydrogens (primary N) is 1. The van der Waals surface area contributed by atoms with Crippen molar-refractivity contribution >= 4 is 23.2 Å². The van der Waals surface area contributed by atoms with E-state index in [1.54, 1.807) is 6.92 Å². The van der Waals surface area contributed by atoms with Crippen LogP contribution in [0.5, 0.6) is 0 Å². The quantitative estimate of drug-likeness (QED) is 0.765. The molecule has 0 aromatic carbocycles. The number of hydrogen-bond acceptors (Lipinski definition) is 6. The zero-order chi connectivity index (χ0) is 15.3. The predicted molar refractivity (Wildman–Crippen MR) is 77.2 cm³/mol. The molecule has 2 unspecified atom stereocenters. The molecular formula is C13H21N3O3S. The SMILES string of the molecule is COC(=O)C(C)NC(=O)Cc1csc(C(N)C(C)C)n1. The van der Waals surface area contributed by atoms with Crippen LogP contribution < -0.4 is 11.1 Å². The van der Waals surface area contributed by atoms with Crippen molar-refractivity contribution in [2.24, 2.45) is 11.7 Å². The lowest BCUT2D eigenvalue weighted by Crippen LogP contribution is -2.39. The minimum absolute atomic E-state index is 0.120. The van der Waals surface area contributed by atoms with E-state index in [1.807, 2.05) is 19.2 Å². The molecule has 1 rings (SSSR count). The molecule has 1 aromatic rings. The smallest absolute Gasteiger partial charge is 0.328 e. The molecule has 0 spiro atoms. The first-order valence-corrected chi connectivity index (χ1v) is 7.30. The van der Waals surface area contributed by atoms with E-state index in [9.17, 15) is 9.59 Å². The topological polar surface area (TPSA) is 94.3 Å². The molecule has 0 saturated heterocycles. The summed E-state index contributed by atoms with van der Waals surface area (Å²) in [5, 5.41) is 5.20. The maximum Gasteiger partial charge on any atom is 0.328 e. The van der Waals surface area contributed by atoms with Crippen LogP contribution in [0.15, 0.2) is 5.38 Å². The van der Waals surface area contributed by atoms with Crippen LogP contribution in [0.1, 0.15) is 37.5 Å². The summed E-state index contributed by atoms with van der Waals surface area (Å²) >= 11 is 1.45. The molecule has 0 radical (unpaired) electrons. The number of carbonyl (C=O) groups is 2. The Labute approximate surface area is 122 Å². The Morgan fingerprint density at radius 2 is 2.10 bits per heavy atom. The Kier molecular flexibility index (Phi) is 6.09. The van der Waals surface area contributed by atoms with Crippen molar-refractivity contribution in [3.63, 3.8) is 0 Å². The van der Waals surface area contributed by atoms with Crippen LogP contribution >= 0.6 is 11.3 Å². The second-order valence-electron chi connectivity index (χ2n) is 4.94. The number of esters is 1. The van der Waals surface area contributed by atoms with Crippen molar-refractivity contribution in [1.82, 2.24) is 10.3 Å². The molecule has 0 bridgehead atoms. The summed E-state index contributed by atoms with van der Waals surface area (Å²) in [4.78, 5) is 27.3. The van der Waals surface area contributed by atoms with Gasteiger partial charge in [0.25, 0.3) is 0 Å². The van der Waals surface area contributed by atoms with E-state index in [-0.39, 0.29) is 18.4 Å². The summed E-state index contributed by atoms with van der Waals surface area (Å²) < 4.78 is 4.54. The molecule has 0 aliphatic heterocycles. The zero-order valence-corrected chi connectivity index (χ0v) is 13.0. The monoisotopic (exact) mass is 299 g/mol. The van der Waals surface area contributed by atoms with E-state index in [2.05, 4.69) is 15.0 Å². The van der Waals surface area contributed by atoms with Crippen molar-refractivity contribution in [3.8, 4) is 0 Å². The first kappa shape index (κ1) is 16.6. The van der Waals surface area contributed by atoms with Gasteiger partial charge >= 0.3 is 5.97 Å². The minimum atomic E-state index is -0.663. The van der Waals surface area contributed by atoms with E-state index in [4.69, 9.17) is 5.73 Å². The van der Waals surface area contributed by atoms with Crippen LogP contribution in [-0.4, -0.2) is 30.0 Å². The van der Waals surface area contributed by atoms with Crippen molar-refractivity contribution in [3.05, 3.63) is 16.1 Å². The molecule has 1 amide bonds. The molecule has 112 valence electrons. The van der Waals surface area contributed by atoms with Crippen molar-refractivity contribution in [2.45, 2.75) is 39.3 Å². The van der Waals surface area contributed by atoms with E-state index < -0.39 is 12.0 Å². The molecule has 2 atom stereocenters. The first-order valence-electron chi connectivity index (χ1n) is 6.42. The highest BCUT2D eigenvalue weighted by Gasteiger charge is 2.18. The fourth-order valence-electron chi connectivity index (χ4n) is 1.53. The van der Waals surface area contributed by atoms with Gasteiger partial charge in [-0.15, -0.1) is 11.3 Å². The van der Waals surface area contributed by atoms with Crippen molar-refractivity contribution in [2.75, 3.05) is 7.11 Å². The van der Waals surface area contributed by atoms with Gasteiger partial charge in [0, 0.05) is 5.38 Å². The van der Waals surface area contributed by atoms with E-state index in [0.717, 1.165) is 5.01 Å². The van der Waals surface area contributed by atoms with Gasteiger partial charge in [0.15, 0.2) is 0 Å². The van der Waals surface area contributed by atoms with Crippen LogP contribution in [0.2, 0.25) is 0 Å². The van der Waals surface area contributed by atoms with E-state index >= 15 is 0 Å². The number of methoxy groups -OCH3 is 1. The second kappa shape index (κ2) is 7.35. The lowest BCUT2D eigenvalue weighted by Gasteiger charge is -2.12. The summed E-state index contributed by atoms with van der Waals surface area (Å²) in [6.07, 6.45) is 0.128. The van der Waals surface area contributed by atoms with Crippen molar-refractivity contribution in [1.29, 1.82) is 0 Å². The highest BCUT2D eigenvalue weighted by Crippen LogP contribution is 2.22. The average Bonchev–Trinajstić information content (AvgIpc) is 2.84. The number of nitrogens with zero attached hydrogens (tertiary/aromatic N) is 1. The van der Waals surface area contributed by atoms with Gasteiger partial charge in [0.05, 0.1) is 25.3 Å². The van der Waals surface area contributed by atoms with Crippen molar-refractivity contribution < 1.29 is 14.3 Å². The minimum Gasteiger partial charge on any atom is -0.467 e. The molecule has 3 N–H and O–H groups in total. The highest BCUT2D eigenvalue weighted by atomic mass is 32.1. The third-order valence-electron chi connectivity index (χ3n) is 2.85. The summed E-state index contributed by atoms with van der Waals surface area (Å²) in [6.45, 7) is 5.62. The van der Waals surface area contributed by atoms with Gasteiger partial charge in [0.1, 0.15) is 11.0 Å². The Bertz CT molecular complexity index is 473. The van der Waals surface area contributed by atoms with E-state index in [1.165, 1.54) is 18.4 Å². The summed E-state index contributed by atoms with van der Waals surface area (Å²) in [6, 6.07) is -0.783. The predicted octanol–water partition coefficient (Wildman–Crippen LogP) is 1.02. The highest BCUT2D eigenvalue weighted by molar-refractivity contribution is 7.09. The van der Waals surface area contributed by atoms with Crippen LogP contribution in [0.25, 0.3) is 0 Å². The van der Waals surface area contributed by atoms with Gasteiger partial charge in [-0.2, -0.15) is 0 Å². The van der Waals surface area contributed by atoms with E-state index in [0.29, 0.717) is 11.6 Å². The zero-order valence-electron chi connectivity index (χ0n) is 12.2. The fourth-order valence-corrected chi connectivity index (χ4v) is 2.53. The number of aromatic nitrogens is 1. The number of hydrogen-bond donors (Lipinski definition) is 2. The molecule has 0 fully saturated rings. The summed E-state index contributed by atoms with van der Waals surface area (Å²) in [7, 11) is 1.28. The van der Waals surface area contributed by atoms with Gasteiger partial charge < -0.3 is 15.8 Å². The largest absolute Gasteiger partial charge is 0.467 e. The van der Waals surface area contributed by atoms with Gasteiger partial charge in [-0.25, -0.2) is 9.78 Å². The first-order chi connectivity index (χ1) is 9.35. The van der Waals surface area contributed by atoms with Crippen LogP contribution in [0, 0.1) is 5.92 Å². The van der Waals surface area contributed by atoms with Gasteiger partial charge in [-0.1, -0.05) is 13.8 Å².